The van der Waals surface area contributed by atoms with Gasteiger partial charge in [-0.2, -0.15) is 0 Å². The molecule has 1 aliphatic heterocycles. The van der Waals surface area contributed by atoms with Crippen LogP contribution in [0.2, 0.25) is 0 Å². The highest BCUT2D eigenvalue weighted by Gasteiger charge is 2.97. The average Bonchev–Trinajstić information content (AvgIpc) is 3.20. The molecule has 36 heavy (non-hydrogen) atoms. The molecule has 3 N–H and O–H groups in total. The number of carboxylic acid groups (broad SMARTS) is 1. The molecule has 5 fully saturated rings. The van der Waals surface area contributed by atoms with Crippen molar-refractivity contribution in [3.05, 3.63) is 23.8 Å². The van der Waals surface area contributed by atoms with Crippen molar-refractivity contribution in [1.29, 1.82) is 0 Å². The zero-order valence-electron chi connectivity index (χ0n) is 23.0. The van der Waals surface area contributed by atoms with Crippen molar-refractivity contribution in [2.45, 2.75) is 111 Å². The number of epoxide rings is 1. The van der Waals surface area contributed by atoms with Gasteiger partial charge in [0.05, 0.1) is 11.5 Å². The Balaban J connectivity index is 1.61. The van der Waals surface area contributed by atoms with Gasteiger partial charge < -0.3 is 20.1 Å². The molecule has 4 saturated carbocycles. The van der Waals surface area contributed by atoms with Crippen LogP contribution in [0.5, 0.6) is 0 Å². The summed E-state index contributed by atoms with van der Waals surface area (Å²) in [6, 6.07) is 0. The molecule has 0 amide bonds. The van der Waals surface area contributed by atoms with E-state index in [9.17, 15) is 24.9 Å². The molecule has 6 nitrogen and oxygen atoms in total. The van der Waals surface area contributed by atoms with Gasteiger partial charge in [0.15, 0.2) is 5.79 Å². The number of carbonyl (C=O) groups is 2. The monoisotopic (exact) mass is 500 g/mol. The molecule has 1 saturated heterocycles. The molecular weight excluding hydrogens is 456 g/mol. The number of ketones is 1. The molecule has 0 radical (unpaired) electrons. The Labute approximate surface area is 215 Å². The van der Waals surface area contributed by atoms with Gasteiger partial charge >= 0.3 is 5.97 Å². The fourth-order valence-electron chi connectivity index (χ4n) is 10.4. The Morgan fingerprint density at radius 2 is 1.78 bits per heavy atom. The Hall–Kier alpha value is -1.50. The SMILES string of the molecule is C/C(=C\C=C/[C@@H](C)[C@@]1(C)C[C@@]2(O)O[C@]23[C@]1(C)CCC(=O)[C@@]31CC[C@@H]2C(C)(C)[C@@H](O)CC[C@@]21C)C(=O)O. The lowest BCUT2D eigenvalue weighted by atomic mass is 9.39. The van der Waals surface area contributed by atoms with Gasteiger partial charge in [0.25, 0.3) is 0 Å². The summed E-state index contributed by atoms with van der Waals surface area (Å²) in [4.78, 5) is 25.4. The van der Waals surface area contributed by atoms with Gasteiger partial charge in [-0.15, -0.1) is 0 Å². The lowest BCUT2D eigenvalue weighted by Gasteiger charge is -2.62. The number of aliphatic carboxylic acids is 1. The highest BCUT2D eigenvalue weighted by Crippen LogP contribution is 2.88. The molecule has 0 aromatic carbocycles. The normalized spacial score (nSPS) is 52.2. The molecule has 0 unspecified atom stereocenters. The van der Waals surface area contributed by atoms with E-state index in [2.05, 4.69) is 41.5 Å². The number of Topliss-reactive ketones (excluding diaryl/α,β-unsaturated/α-hetero) is 1. The Kier molecular flexibility index (Phi) is 5.32. The highest BCUT2D eigenvalue weighted by molar-refractivity contribution is 5.91. The van der Waals surface area contributed by atoms with Gasteiger partial charge in [-0.1, -0.05) is 59.8 Å². The summed E-state index contributed by atoms with van der Waals surface area (Å²) in [5, 5.41) is 32.2. The van der Waals surface area contributed by atoms with Crippen molar-refractivity contribution >= 4 is 11.8 Å². The molecular formula is C30H44O6. The Morgan fingerprint density at radius 3 is 2.42 bits per heavy atom. The van der Waals surface area contributed by atoms with Crippen molar-refractivity contribution in [3.63, 3.8) is 0 Å². The van der Waals surface area contributed by atoms with E-state index in [-0.39, 0.29) is 39.4 Å². The maximum absolute atomic E-state index is 14.2. The van der Waals surface area contributed by atoms with Crippen molar-refractivity contribution in [2.75, 3.05) is 0 Å². The summed E-state index contributed by atoms with van der Waals surface area (Å²) in [5.74, 6) is -1.83. The summed E-state index contributed by atoms with van der Waals surface area (Å²) in [6.45, 7) is 14.7. The van der Waals surface area contributed by atoms with Crippen molar-refractivity contribution in [3.8, 4) is 0 Å². The second kappa shape index (κ2) is 7.33. The number of rotatable bonds is 4. The number of aliphatic hydroxyl groups is 2. The molecule has 9 atom stereocenters. The summed E-state index contributed by atoms with van der Waals surface area (Å²) < 4.78 is 6.53. The molecule has 6 heteroatoms. The first kappa shape index (κ1) is 26.1. The Bertz CT molecular complexity index is 1080. The van der Waals surface area contributed by atoms with E-state index in [1.165, 1.54) is 0 Å². The summed E-state index contributed by atoms with van der Waals surface area (Å²) in [7, 11) is 0. The fraction of sp³-hybridized carbons (Fsp3) is 0.800. The van der Waals surface area contributed by atoms with Crippen LogP contribution in [0.3, 0.4) is 0 Å². The van der Waals surface area contributed by atoms with E-state index in [1.54, 1.807) is 13.0 Å². The number of ether oxygens (including phenoxy) is 1. The molecule has 2 spiro atoms. The van der Waals surface area contributed by atoms with Crippen molar-refractivity contribution in [1.82, 2.24) is 0 Å². The van der Waals surface area contributed by atoms with E-state index in [0.717, 1.165) is 12.8 Å². The van der Waals surface area contributed by atoms with E-state index in [0.29, 0.717) is 32.1 Å². The van der Waals surface area contributed by atoms with Gasteiger partial charge in [0.2, 0.25) is 0 Å². The summed E-state index contributed by atoms with van der Waals surface area (Å²) in [6.07, 6.45) is 9.65. The predicted octanol–water partition coefficient (Wildman–Crippen LogP) is 5.03. The zero-order chi connectivity index (χ0) is 26.7. The standard InChI is InChI=1S/C30H44O6/c1-18(23(33)34)9-8-10-19(2)26(6)17-29(35)30(36-29)27(26,7)15-13-22(32)28(30)16-11-20-24(3,4)21(31)12-14-25(20,28)5/h8-10,19-21,31,35H,11-17H2,1-7H3,(H,33,34)/b10-8-,18-9+/t19-,20-,21+,25+,26-,27-,28-,29-,30+/m1/s1. The second-order valence-corrected chi connectivity index (χ2v) is 14.0. The molecule has 5 rings (SSSR count). The van der Waals surface area contributed by atoms with Crippen LogP contribution in [0.15, 0.2) is 23.8 Å². The number of carboxylic acids is 1. The topological polar surface area (TPSA) is 107 Å². The third-order valence-corrected chi connectivity index (χ3v) is 12.7. The first-order valence-corrected chi connectivity index (χ1v) is 13.7. The minimum absolute atomic E-state index is 0.0394. The van der Waals surface area contributed by atoms with Crippen molar-refractivity contribution < 1.29 is 29.6 Å². The van der Waals surface area contributed by atoms with E-state index < -0.39 is 34.3 Å². The van der Waals surface area contributed by atoms with Gasteiger partial charge in [-0.3, -0.25) is 4.79 Å². The number of hydrogen-bond acceptors (Lipinski definition) is 5. The molecule has 1 heterocycles. The maximum Gasteiger partial charge on any atom is 0.331 e. The third-order valence-electron chi connectivity index (χ3n) is 12.7. The van der Waals surface area contributed by atoms with E-state index in [1.807, 2.05) is 12.2 Å². The molecule has 0 aromatic heterocycles. The minimum atomic E-state index is -1.35. The first-order valence-electron chi connectivity index (χ1n) is 13.7. The lowest BCUT2D eigenvalue weighted by Crippen LogP contribution is -2.68. The average molecular weight is 501 g/mol. The smallest absolute Gasteiger partial charge is 0.331 e. The molecule has 200 valence electrons. The second-order valence-electron chi connectivity index (χ2n) is 14.0. The zero-order valence-corrected chi connectivity index (χ0v) is 23.0. The van der Waals surface area contributed by atoms with Crippen LogP contribution in [-0.2, 0) is 14.3 Å². The van der Waals surface area contributed by atoms with Crippen LogP contribution in [-0.4, -0.2) is 44.6 Å². The number of hydrogen-bond donors (Lipinski definition) is 3. The van der Waals surface area contributed by atoms with Crippen LogP contribution in [0, 0.1) is 38.9 Å². The number of aliphatic hydroxyl groups excluding tert-OH is 1. The van der Waals surface area contributed by atoms with Crippen LogP contribution >= 0.6 is 0 Å². The number of carbonyl (C=O) groups excluding carboxylic acids is 1. The molecule has 0 bridgehead atoms. The molecule has 4 aliphatic carbocycles. The van der Waals surface area contributed by atoms with Crippen LogP contribution in [0.4, 0.5) is 0 Å². The van der Waals surface area contributed by atoms with Gasteiger partial charge in [-0.05, 0) is 67.1 Å². The Morgan fingerprint density at radius 1 is 1.11 bits per heavy atom. The van der Waals surface area contributed by atoms with Gasteiger partial charge in [0.1, 0.15) is 11.4 Å². The third kappa shape index (κ3) is 2.59. The van der Waals surface area contributed by atoms with Crippen molar-refractivity contribution in [2.24, 2.45) is 38.9 Å². The molecule has 5 aliphatic rings. The lowest BCUT2D eigenvalue weighted by molar-refractivity contribution is -0.195. The van der Waals surface area contributed by atoms with Crippen LogP contribution < -0.4 is 0 Å². The minimum Gasteiger partial charge on any atom is -0.478 e. The first-order chi connectivity index (χ1) is 16.5. The number of allylic oxidation sites excluding steroid dienone is 3. The van der Waals surface area contributed by atoms with Crippen LogP contribution in [0.25, 0.3) is 0 Å². The summed E-state index contributed by atoms with van der Waals surface area (Å²) in [5.41, 5.74) is -2.87. The van der Waals surface area contributed by atoms with Gasteiger partial charge in [0, 0.05) is 23.8 Å². The highest BCUT2D eigenvalue weighted by atomic mass is 16.8. The quantitative estimate of drug-likeness (QED) is 0.284. The maximum atomic E-state index is 14.2. The van der Waals surface area contributed by atoms with E-state index >= 15 is 0 Å². The number of fused-ring (bicyclic) bond motifs is 2. The predicted molar refractivity (Wildman–Crippen MR) is 136 cm³/mol. The molecule has 0 aromatic rings. The van der Waals surface area contributed by atoms with E-state index in [4.69, 9.17) is 4.74 Å². The summed E-state index contributed by atoms with van der Waals surface area (Å²) >= 11 is 0. The largest absolute Gasteiger partial charge is 0.478 e. The fourth-order valence-corrected chi connectivity index (χ4v) is 10.4. The van der Waals surface area contributed by atoms with Gasteiger partial charge in [-0.25, -0.2) is 4.79 Å². The van der Waals surface area contributed by atoms with Crippen LogP contribution in [0.1, 0.15) is 93.4 Å².